The summed E-state index contributed by atoms with van der Waals surface area (Å²) >= 11 is 3.83. The van der Waals surface area contributed by atoms with Crippen LogP contribution in [0.3, 0.4) is 0 Å². The van der Waals surface area contributed by atoms with E-state index in [4.69, 9.17) is 0 Å². The number of hydrogen-bond donors (Lipinski definition) is 2. The molecule has 0 amide bonds. The maximum absolute atomic E-state index is 13.1. The van der Waals surface area contributed by atoms with E-state index in [1.54, 1.807) is 0 Å². The second kappa shape index (κ2) is 5.76. The van der Waals surface area contributed by atoms with Gasteiger partial charge in [0.25, 0.3) is 10.0 Å². The van der Waals surface area contributed by atoms with Gasteiger partial charge in [0.1, 0.15) is 5.82 Å². The molecule has 0 saturated carbocycles. The number of benzene rings is 1. The van der Waals surface area contributed by atoms with Gasteiger partial charge in [0.05, 0.1) is 0 Å². The van der Waals surface area contributed by atoms with Crippen molar-refractivity contribution >= 4 is 37.3 Å². The Morgan fingerprint density at radius 2 is 2.15 bits per heavy atom. The largest absolute Gasteiger partial charge is 0.315 e. The first kappa shape index (κ1) is 15.4. The SMILES string of the molecule is Cc1[nH]c(=O)sc1S(=O)(=O)NCc1cc(F)ccc1Br. The molecule has 2 aromatic rings. The molecule has 0 fully saturated rings. The van der Waals surface area contributed by atoms with Crippen LogP contribution in [0.25, 0.3) is 0 Å². The molecule has 5 nitrogen and oxygen atoms in total. The monoisotopic (exact) mass is 380 g/mol. The van der Waals surface area contributed by atoms with Crippen molar-refractivity contribution in [2.24, 2.45) is 0 Å². The number of sulfonamides is 1. The fourth-order valence-corrected chi connectivity index (χ4v) is 4.30. The van der Waals surface area contributed by atoms with Gasteiger partial charge in [-0.15, -0.1) is 0 Å². The van der Waals surface area contributed by atoms with Gasteiger partial charge in [-0.05, 0) is 30.7 Å². The Balaban J connectivity index is 2.24. The average molecular weight is 381 g/mol. The summed E-state index contributed by atoms with van der Waals surface area (Å²) in [6.07, 6.45) is 0. The smallest absolute Gasteiger partial charge is 0.305 e. The Morgan fingerprint density at radius 3 is 2.75 bits per heavy atom. The Labute approximate surface area is 127 Å². The molecule has 2 N–H and O–H groups in total. The number of aryl methyl sites for hydroxylation is 1. The highest BCUT2D eigenvalue weighted by molar-refractivity contribution is 9.10. The van der Waals surface area contributed by atoms with Crippen LogP contribution in [0, 0.1) is 12.7 Å². The van der Waals surface area contributed by atoms with Crippen LogP contribution in [0.2, 0.25) is 0 Å². The van der Waals surface area contributed by atoms with E-state index in [-0.39, 0.29) is 16.4 Å². The molecular formula is C11H10BrFN2O3S2. The van der Waals surface area contributed by atoms with Gasteiger partial charge in [0.2, 0.25) is 0 Å². The third-order valence-electron chi connectivity index (χ3n) is 2.49. The zero-order valence-electron chi connectivity index (χ0n) is 10.2. The van der Waals surface area contributed by atoms with Crippen LogP contribution in [0.15, 0.2) is 31.7 Å². The lowest BCUT2D eigenvalue weighted by molar-refractivity contribution is 0.581. The minimum absolute atomic E-state index is 0.0602. The van der Waals surface area contributed by atoms with Gasteiger partial charge >= 0.3 is 4.87 Å². The lowest BCUT2D eigenvalue weighted by Gasteiger charge is -2.07. The van der Waals surface area contributed by atoms with Crippen LogP contribution in [-0.4, -0.2) is 13.4 Å². The summed E-state index contributed by atoms with van der Waals surface area (Å²) in [5.41, 5.74) is 0.750. The van der Waals surface area contributed by atoms with Crippen molar-refractivity contribution in [3.8, 4) is 0 Å². The molecule has 0 aliphatic heterocycles. The Morgan fingerprint density at radius 1 is 1.45 bits per heavy atom. The predicted octanol–water partition coefficient (Wildman–Crippen LogP) is 2.12. The maximum atomic E-state index is 13.1. The zero-order valence-corrected chi connectivity index (χ0v) is 13.5. The third kappa shape index (κ3) is 3.35. The lowest BCUT2D eigenvalue weighted by Crippen LogP contribution is -2.23. The first-order valence-electron chi connectivity index (χ1n) is 5.43. The number of rotatable bonds is 4. The molecule has 108 valence electrons. The van der Waals surface area contributed by atoms with E-state index in [0.717, 1.165) is 0 Å². The summed E-state index contributed by atoms with van der Waals surface area (Å²) in [5.74, 6) is -0.454. The number of halogens is 2. The van der Waals surface area contributed by atoms with Crippen molar-refractivity contribution in [1.29, 1.82) is 0 Å². The molecule has 0 aliphatic carbocycles. The fraction of sp³-hybridized carbons (Fsp3) is 0.182. The third-order valence-corrected chi connectivity index (χ3v) is 6.27. The minimum atomic E-state index is -3.80. The summed E-state index contributed by atoms with van der Waals surface area (Å²) in [7, 11) is -3.80. The molecule has 1 heterocycles. The van der Waals surface area contributed by atoms with Crippen molar-refractivity contribution in [2.45, 2.75) is 17.7 Å². The van der Waals surface area contributed by atoms with E-state index in [1.165, 1.54) is 25.1 Å². The first-order valence-corrected chi connectivity index (χ1v) is 8.52. The van der Waals surface area contributed by atoms with Crippen molar-refractivity contribution in [3.63, 3.8) is 0 Å². The molecule has 20 heavy (non-hydrogen) atoms. The van der Waals surface area contributed by atoms with Crippen LogP contribution in [0.1, 0.15) is 11.3 Å². The summed E-state index contributed by atoms with van der Waals surface area (Å²) < 4.78 is 40.1. The molecule has 1 aromatic carbocycles. The Hall–Kier alpha value is -1.03. The first-order chi connectivity index (χ1) is 9.29. The molecule has 1 aromatic heterocycles. The van der Waals surface area contributed by atoms with Crippen LogP contribution < -0.4 is 9.60 Å². The van der Waals surface area contributed by atoms with Gasteiger partial charge in [0, 0.05) is 16.7 Å². The van der Waals surface area contributed by atoms with Crippen molar-refractivity contribution in [3.05, 3.63) is 49.4 Å². The maximum Gasteiger partial charge on any atom is 0.305 e. The van der Waals surface area contributed by atoms with Crippen LogP contribution in [0.4, 0.5) is 4.39 Å². The van der Waals surface area contributed by atoms with E-state index >= 15 is 0 Å². The van der Waals surface area contributed by atoms with E-state index < -0.39 is 20.7 Å². The number of thiazole rings is 1. The topological polar surface area (TPSA) is 79.0 Å². The Kier molecular flexibility index (Phi) is 4.43. The highest BCUT2D eigenvalue weighted by Crippen LogP contribution is 2.20. The van der Waals surface area contributed by atoms with Crippen molar-refractivity contribution < 1.29 is 12.8 Å². The average Bonchev–Trinajstić information content (AvgIpc) is 2.70. The molecule has 0 unspecified atom stereocenters. The molecular weight excluding hydrogens is 371 g/mol. The van der Waals surface area contributed by atoms with Gasteiger partial charge in [-0.25, -0.2) is 17.5 Å². The van der Waals surface area contributed by atoms with Gasteiger partial charge < -0.3 is 4.98 Å². The van der Waals surface area contributed by atoms with Crippen LogP contribution in [-0.2, 0) is 16.6 Å². The van der Waals surface area contributed by atoms with Gasteiger partial charge in [0.15, 0.2) is 4.21 Å². The standard InChI is InChI=1S/C11H10BrFN2O3S2/c1-6-10(19-11(16)15-6)20(17,18)14-5-7-4-8(13)2-3-9(7)12/h2-4,14H,5H2,1H3,(H,15,16). The van der Waals surface area contributed by atoms with Crippen molar-refractivity contribution in [2.75, 3.05) is 0 Å². The van der Waals surface area contributed by atoms with E-state index in [2.05, 4.69) is 25.6 Å². The van der Waals surface area contributed by atoms with E-state index in [9.17, 15) is 17.6 Å². The summed E-state index contributed by atoms with van der Waals surface area (Å²) in [6, 6.07) is 4.00. The fourth-order valence-electron chi connectivity index (χ4n) is 1.56. The molecule has 0 saturated heterocycles. The molecule has 0 atom stereocenters. The molecule has 2 rings (SSSR count). The number of aromatic nitrogens is 1. The normalized spacial score (nSPS) is 11.8. The minimum Gasteiger partial charge on any atom is -0.315 e. The predicted molar refractivity (Wildman–Crippen MR) is 77.8 cm³/mol. The van der Waals surface area contributed by atoms with Gasteiger partial charge in [-0.2, -0.15) is 0 Å². The van der Waals surface area contributed by atoms with Crippen LogP contribution >= 0.6 is 27.3 Å². The van der Waals surface area contributed by atoms with E-state index in [0.29, 0.717) is 21.4 Å². The van der Waals surface area contributed by atoms with Crippen LogP contribution in [0.5, 0.6) is 0 Å². The van der Waals surface area contributed by atoms with Gasteiger partial charge in [-0.1, -0.05) is 27.3 Å². The number of nitrogens with one attached hydrogen (secondary N) is 2. The lowest BCUT2D eigenvalue weighted by atomic mass is 10.2. The van der Waals surface area contributed by atoms with E-state index in [1.807, 2.05) is 0 Å². The summed E-state index contributed by atoms with van der Waals surface area (Å²) in [6.45, 7) is 1.43. The summed E-state index contributed by atoms with van der Waals surface area (Å²) in [4.78, 5) is 13.1. The zero-order chi connectivity index (χ0) is 14.9. The summed E-state index contributed by atoms with van der Waals surface area (Å²) in [5, 5.41) is 0. The highest BCUT2D eigenvalue weighted by atomic mass is 79.9. The quantitative estimate of drug-likeness (QED) is 0.852. The van der Waals surface area contributed by atoms with Crippen molar-refractivity contribution in [1.82, 2.24) is 9.71 Å². The molecule has 0 aliphatic rings. The molecule has 9 heteroatoms. The molecule has 0 spiro atoms. The van der Waals surface area contributed by atoms with Gasteiger partial charge in [-0.3, -0.25) is 4.79 Å². The Bertz CT molecular complexity index is 798. The highest BCUT2D eigenvalue weighted by Gasteiger charge is 2.20. The molecule has 0 bridgehead atoms. The molecule has 0 radical (unpaired) electrons. The second-order valence-electron chi connectivity index (χ2n) is 3.99. The number of hydrogen-bond acceptors (Lipinski definition) is 4. The second-order valence-corrected chi connectivity index (χ2v) is 7.79. The number of aromatic amines is 1. The number of H-pyrrole nitrogens is 1.